The average molecular weight is 453 g/mol. The van der Waals surface area contributed by atoms with Crippen LogP contribution in [0.2, 0.25) is 0 Å². The van der Waals surface area contributed by atoms with Crippen LogP contribution in [0.3, 0.4) is 0 Å². The Kier molecular flexibility index (Phi) is 7.14. The van der Waals surface area contributed by atoms with Gasteiger partial charge in [0.05, 0.1) is 17.0 Å². The Morgan fingerprint density at radius 3 is 2.28 bits per heavy atom. The molecule has 0 fully saturated rings. The molecule has 0 aliphatic carbocycles. The van der Waals surface area contributed by atoms with Crippen molar-refractivity contribution in [2.24, 2.45) is 7.05 Å². The number of benzene rings is 2. The van der Waals surface area contributed by atoms with Gasteiger partial charge in [0, 0.05) is 29.9 Å². The maximum Gasteiger partial charge on any atom is 0.335 e. The van der Waals surface area contributed by atoms with Gasteiger partial charge >= 0.3 is 7.60 Å². The summed E-state index contributed by atoms with van der Waals surface area (Å²) in [6.07, 6.45) is 5.49. The van der Waals surface area contributed by atoms with E-state index in [9.17, 15) is 19.1 Å². The lowest BCUT2D eigenvalue weighted by Gasteiger charge is -2.33. The van der Waals surface area contributed by atoms with Crippen LogP contribution in [-0.4, -0.2) is 25.5 Å². The van der Waals surface area contributed by atoms with Gasteiger partial charge in [0.1, 0.15) is 0 Å². The molecule has 8 heteroatoms. The summed E-state index contributed by atoms with van der Waals surface area (Å²) in [4.78, 5) is 32.3. The molecule has 32 heavy (non-hydrogen) atoms. The minimum absolute atomic E-state index is 0.312. The summed E-state index contributed by atoms with van der Waals surface area (Å²) in [6, 6.07) is 16.5. The Morgan fingerprint density at radius 2 is 1.72 bits per heavy atom. The number of hydrogen-bond donors (Lipinski definition) is 3. The Balaban J connectivity index is 1.76. The summed E-state index contributed by atoms with van der Waals surface area (Å²) in [5, 5.41) is 5.86. The van der Waals surface area contributed by atoms with Gasteiger partial charge in [0.25, 0.3) is 0 Å². The van der Waals surface area contributed by atoms with Crippen molar-refractivity contribution in [3.63, 3.8) is 0 Å². The molecule has 0 spiro atoms. The molecule has 0 saturated heterocycles. The summed E-state index contributed by atoms with van der Waals surface area (Å²) in [6.45, 7) is 3.54. The summed E-state index contributed by atoms with van der Waals surface area (Å²) in [7, 11) is -2.50. The van der Waals surface area contributed by atoms with Crippen LogP contribution in [0.5, 0.6) is 0 Å². The van der Waals surface area contributed by atoms with Gasteiger partial charge < -0.3 is 15.1 Å². The molecule has 0 radical (unpaired) electrons. The number of hydrogen-bond acceptors (Lipinski definition) is 3. The summed E-state index contributed by atoms with van der Waals surface area (Å²) >= 11 is 0. The molecule has 168 valence electrons. The zero-order chi connectivity index (χ0) is 23.4. The van der Waals surface area contributed by atoms with Crippen LogP contribution >= 0.6 is 7.60 Å². The Morgan fingerprint density at radius 1 is 1.09 bits per heavy atom. The van der Waals surface area contributed by atoms with E-state index in [0.717, 1.165) is 16.8 Å². The number of rotatable bonds is 8. The molecule has 0 saturated carbocycles. The van der Waals surface area contributed by atoms with Crippen molar-refractivity contribution in [3.05, 3.63) is 78.0 Å². The van der Waals surface area contributed by atoms with Gasteiger partial charge in [-0.05, 0) is 36.6 Å². The van der Waals surface area contributed by atoms with Gasteiger partial charge in [-0.3, -0.25) is 14.0 Å². The second-order valence-corrected chi connectivity index (χ2v) is 9.56. The lowest BCUT2D eigenvalue weighted by Crippen LogP contribution is -2.24. The molecule has 1 heterocycles. The highest BCUT2D eigenvalue weighted by Crippen LogP contribution is 2.60. The lowest BCUT2D eigenvalue weighted by atomic mass is 9.92. The third-order valence-corrected chi connectivity index (χ3v) is 7.85. The van der Waals surface area contributed by atoms with Crippen molar-refractivity contribution in [2.75, 3.05) is 5.32 Å². The number of anilines is 1. The SMILES string of the molecule is CCC(CC)(c1ccc(NC(=O)C=Cc2cnn(C)c2-c2ccccc2)cc1)P(=O)(O)O. The molecule has 3 N–H and O–H groups in total. The first-order chi connectivity index (χ1) is 15.2. The second kappa shape index (κ2) is 9.65. The van der Waals surface area contributed by atoms with Crippen molar-refractivity contribution in [2.45, 2.75) is 31.8 Å². The van der Waals surface area contributed by atoms with Crippen molar-refractivity contribution in [3.8, 4) is 11.3 Å². The van der Waals surface area contributed by atoms with E-state index in [-0.39, 0.29) is 5.91 Å². The first kappa shape index (κ1) is 23.7. The molecule has 0 aliphatic rings. The number of amides is 1. The van der Waals surface area contributed by atoms with Gasteiger partial charge in [0.2, 0.25) is 5.91 Å². The number of carbonyl (C=O) groups excluding carboxylic acids is 1. The minimum atomic E-state index is -4.35. The standard InChI is InChI=1S/C24H28N3O4P/c1-4-24(5-2,32(29,30)31)20-12-14-21(15-13-20)26-22(28)16-11-19-17-25-27(3)23(19)18-9-7-6-8-10-18/h6-17H,4-5H2,1-3H3,(H,26,28)(H2,29,30,31). The fourth-order valence-corrected chi connectivity index (χ4v) is 5.29. The van der Waals surface area contributed by atoms with Crippen LogP contribution in [0.4, 0.5) is 5.69 Å². The van der Waals surface area contributed by atoms with Gasteiger partial charge in [-0.1, -0.05) is 56.3 Å². The fraction of sp³-hybridized carbons (Fsp3) is 0.250. The molecule has 7 nitrogen and oxygen atoms in total. The summed E-state index contributed by atoms with van der Waals surface area (Å²) < 4.78 is 13.9. The van der Waals surface area contributed by atoms with E-state index < -0.39 is 12.8 Å². The van der Waals surface area contributed by atoms with Crippen LogP contribution in [0.25, 0.3) is 17.3 Å². The molecule has 3 aromatic rings. The highest BCUT2D eigenvalue weighted by Gasteiger charge is 2.45. The molecule has 0 aliphatic heterocycles. The maximum absolute atomic E-state index is 12.4. The van der Waals surface area contributed by atoms with E-state index >= 15 is 0 Å². The van der Waals surface area contributed by atoms with Gasteiger partial charge in [-0.25, -0.2) is 0 Å². The third kappa shape index (κ3) is 4.75. The zero-order valence-corrected chi connectivity index (χ0v) is 19.3. The highest BCUT2D eigenvalue weighted by molar-refractivity contribution is 7.53. The van der Waals surface area contributed by atoms with Crippen LogP contribution in [-0.2, 0) is 21.6 Å². The van der Waals surface area contributed by atoms with Gasteiger partial charge in [0.15, 0.2) is 0 Å². The van der Waals surface area contributed by atoms with Crippen molar-refractivity contribution in [1.82, 2.24) is 9.78 Å². The van der Waals surface area contributed by atoms with E-state index in [1.165, 1.54) is 6.08 Å². The van der Waals surface area contributed by atoms with Crippen molar-refractivity contribution >= 4 is 25.3 Å². The molecule has 1 amide bonds. The molecule has 0 unspecified atom stereocenters. The van der Waals surface area contributed by atoms with E-state index in [2.05, 4.69) is 10.4 Å². The van der Waals surface area contributed by atoms with E-state index in [1.807, 2.05) is 37.4 Å². The number of aromatic nitrogens is 2. The second-order valence-electron chi connectivity index (χ2n) is 7.62. The maximum atomic E-state index is 12.4. The molecular weight excluding hydrogens is 425 g/mol. The fourth-order valence-electron chi connectivity index (χ4n) is 3.98. The van der Waals surface area contributed by atoms with Crippen LogP contribution in [0, 0.1) is 0 Å². The predicted octanol–water partition coefficient (Wildman–Crippen LogP) is 4.93. The highest BCUT2D eigenvalue weighted by atomic mass is 31.2. The summed E-state index contributed by atoms with van der Waals surface area (Å²) in [5.41, 5.74) is 3.84. The van der Waals surface area contributed by atoms with Gasteiger partial charge in [-0.2, -0.15) is 5.10 Å². The summed E-state index contributed by atoms with van der Waals surface area (Å²) in [5.74, 6) is -0.312. The zero-order valence-electron chi connectivity index (χ0n) is 18.4. The quantitative estimate of drug-likeness (QED) is 0.331. The molecular formula is C24H28N3O4P. The molecule has 2 aromatic carbocycles. The number of carbonyl (C=O) groups is 1. The average Bonchev–Trinajstić information content (AvgIpc) is 3.14. The van der Waals surface area contributed by atoms with Crippen LogP contribution < -0.4 is 5.32 Å². The topological polar surface area (TPSA) is 104 Å². The first-order valence-corrected chi connectivity index (χ1v) is 12.1. The van der Waals surface area contributed by atoms with Crippen molar-refractivity contribution < 1.29 is 19.1 Å². The van der Waals surface area contributed by atoms with Crippen LogP contribution in [0.1, 0.15) is 37.8 Å². The Bertz CT molecular complexity index is 1140. The van der Waals surface area contributed by atoms with Gasteiger partial charge in [-0.15, -0.1) is 0 Å². The molecule has 0 atom stereocenters. The van der Waals surface area contributed by atoms with E-state index in [0.29, 0.717) is 24.1 Å². The molecule has 1 aromatic heterocycles. The lowest BCUT2D eigenvalue weighted by molar-refractivity contribution is -0.111. The van der Waals surface area contributed by atoms with E-state index in [4.69, 9.17) is 0 Å². The number of aryl methyl sites for hydroxylation is 1. The Hall–Kier alpha value is -2.99. The smallest absolute Gasteiger partial charge is 0.324 e. The monoisotopic (exact) mass is 453 g/mol. The van der Waals surface area contributed by atoms with E-state index in [1.54, 1.807) is 55.1 Å². The van der Waals surface area contributed by atoms with Crippen molar-refractivity contribution in [1.29, 1.82) is 0 Å². The largest absolute Gasteiger partial charge is 0.335 e. The first-order valence-electron chi connectivity index (χ1n) is 10.4. The molecule has 3 rings (SSSR count). The Labute approximate surface area is 188 Å². The number of nitrogens with zero attached hydrogens (tertiary/aromatic N) is 2. The van der Waals surface area contributed by atoms with Crippen LogP contribution in [0.15, 0.2) is 66.9 Å². The number of nitrogens with one attached hydrogen (secondary N) is 1. The minimum Gasteiger partial charge on any atom is -0.324 e. The third-order valence-electron chi connectivity index (χ3n) is 5.85. The molecule has 0 bridgehead atoms. The normalized spacial score (nSPS) is 12.3. The predicted molar refractivity (Wildman–Crippen MR) is 127 cm³/mol.